The molecule has 0 saturated carbocycles. The van der Waals surface area contributed by atoms with Crippen molar-refractivity contribution in [2.45, 2.75) is 37.1 Å². The van der Waals surface area contributed by atoms with Crippen molar-refractivity contribution in [2.24, 2.45) is 0 Å². The number of carbonyl (C=O) groups is 1. The van der Waals surface area contributed by atoms with Crippen LogP contribution < -0.4 is 4.74 Å². The standard InChI is InChI=1S/C14H19NO5S/c1-14(2)7-4-8-15(14)21(18,19)12-9-10(13(16)17)5-6-11(12)20-3/h5-6,9H,4,7-8H2,1-3H3,(H,16,17). The number of benzene rings is 1. The van der Waals surface area contributed by atoms with Gasteiger partial charge in [-0.15, -0.1) is 0 Å². The van der Waals surface area contributed by atoms with Gasteiger partial charge in [-0.3, -0.25) is 0 Å². The number of rotatable bonds is 4. The first-order chi connectivity index (χ1) is 9.70. The Morgan fingerprint density at radius 2 is 2.05 bits per heavy atom. The lowest BCUT2D eigenvalue weighted by molar-refractivity contribution is 0.0696. The molecule has 0 amide bonds. The largest absolute Gasteiger partial charge is 0.495 e. The first kappa shape index (κ1) is 15.8. The Morgan fingerprint density at radius 3 is 2.52 bits per heavy atom. The Bertz CT molecular complexity index is 666. The first-order valence-electron chi connectivity index (χ1n) is 6.64. The lowest BCUT2D eigenvalue weighted by Gasteiger charge is -2.31. The van der Waals surface area contributed by atoms with Gasteiger partial charge in [0, 0.05) is 12.1 Å². The lowest BCUT2D eigenvalue weighted by atomic mass is 10.0. The highest BCUT2D eigenvalue weighted by atomic mass is 32.2. The van der Waals surface area contributed by atoms with Crippen molar-refractivity contribution in [2.75, 3.05) is 13.7 Å². The molecular weight excluding hydrogens is 294 g/mol. The predicted octanol–water partition coefficient (Wildman–Crippen LogP) is 1.96. The fraction of sp³-hybridized carbons (Fsp3) is 0.500. The number of methoxy groups -OCH3 is 1. The molecule has 2 rings (SSSR count). The second-order valence-corrected chi connectivity index (χ2v) is 7.49. The second kappa shape index (κ2) is 5.31. The number of hydrogen-bond acceptors (Lipinski definition) is 4. The molecular formula is C14H19NO5S. The van der Waals surface area contributed by atoms with Crippen LogP contribution in [0.25, 0.3) is 0 Å². The molecule has 1 N–H and O–H groups in total. The number of carboxylic acids is 1. The molecule has 0 spiro atoms. The Hall–Kier alpha value is -1.60. The van der Waals surface area contributed by atoms with Gasteiger partial charge in [0.1, 0.15) is 10.6 Å². The Balaban J connectivity index is 2.58. The fourth-order valence-corrected chi connectivity index (χ4v) is 4.69. The van der Waals surface area contributed by atoms with Crippen LogP contribution in [-0.4, -0.2) is 43.0 Å². The van der Waals surface area contributed by atoms with Gasteiger partial charge >= 0.3 is 5.97 Å². The van der Waals surface area contributed by atoms with Crippen LogP contribution >= 0.6 is 0 Å². The summed E-state index contributed by atoms with van der Waals surface area (Å²) in [4.78, 5) is 11.0. The summed E-state index contributed by atoms with van der Waals surface area (Å²) in [5.41, 5.74) is -0.560. The third-order valence-electron chi connectivity index (χ3n) is 3.80. The molecule has 21 heavy (non-hydrogen) atoms. The molecule has 7 heteroatoms. The van der Waals surface area contributed by atoms with Gasteiger partial charge in [0.25, 0.3) is 0 Å². The maximum atomic E-state index is 12.9. The van der Waals surface area contributed by atoms with E-state index in [0.717, 1.165) is 18.9 Å². The SMILES string of the molecule is COc1ccc(C(=O)O)cc1S(=O)(=O)N1CCCC1(C)C. The van der Waals surface area contributed by atoms with Crippen LogP contribution in [0.2, 0.25) is 0 Å². The number of hydrogen-bond donors (Lipinski definition) is 1. The molecule has 6 nitrogen and oxygen atoms in total. The van der Waals surface area contributed by atoms with Crippen LogP contribution in [0.4, 0.5) is 0 Å². The minimum Gasteiger partial charge on any atom is -0.495 e. The fourth-order valence-electron chi connectivity index (χ4n) is 2.66. The number of aromatic carboxylic acids is 1. The normalized spacial score (nSPS) is 18.6. The lowest BCUT2D eigenvalue weighted by Crippen LogP contribution is -2.42. The van der Waals surface area contributed by atoms with Crippen molar-refractivity contribution in [3.8, 4) is 5.75 Å². The van der Waals surface area contributed by atoms with E-state index in [1.165, 1.54) is 23.5 Å². The highest BCUT2D eigenvalue weighted by Gasteiger charge is 2.42. The first-order valence-corrected chi connectivity index (χ1v) is 8.08. The smallest absolute Gasteiger partial charge is 0.335 e. The molecule has 1 fully saturated rings. The van der Waals surface area contributed by atoms with E-state index in [9.17, 15) is 13.2 Å². The van der Waals surface area contributed by atoms with Gasteiger partial charge in [-0.1, -0.05) is 0 Å². The summed E-state index contributed by atoms with van der Waals surface area (Å²) < 4.78 is 32.2. The van der Waals surface area contributed by atoms with Crippen LogP contribution in [0.1, 0.15) is 37.0 Å². The van der Waals surface area contributed by atoms with Crippen molar-refractivity contribution in [3.05, 3.63) is 23.8 Å². The number of nitrogens with zero attached hydrogens (tertiary/aromatic N) is 1. The van der Waals surface area contributed by atoms with Gasteiger partial charge in [-0.2, -0.15) is 4.31 Å². The van der Waals surface area contributed by atoms with Crippen LogP contribution in [0.15, 0.2) is 23.1 Å². The molecule has 1 heterocycles. The van der Waals surface area contributed by atoms with Gasteiger partial charge in [0.2, 0.25) is 10.0 Å². The van der Waals surface area contributed by atoms with E-state index < -0.39 is 21.5 Å². The summed E-state index contributed by atoms with van der Waals surface area (Å²) in [5.74, 6) is -1.02. The van der Waals surface area contributed by atoms with Gasteiger partial charge in [0.05, 0.1) is 12.7 Å². The summed E-state index contributed by atoms with van der Waals surface area (Å²) in [5, 5.41) is 9.06. The zero-order chi connectivity index (χ0) is 15.8. The molecule has 1 aromatic carbocycles. The maximum Gasteiger partial charge on any atom is 0.335 e. The van der Waals surface area contributed by atoms with E-state index in [0.29, 0.717) is 6.54 Å². The zero-order valence-corrected chi connectivity index (χ0v) is 13.1. The number of carboxylic acid groups (broad SMARTS) is 1. The zero-order valence-electron chi connectivity index (χ0n) is 12.3. The van der Waals surface area contributed by atoms with Crippen LogP contribution in [0.3, 0.4) is 0 Å². The van der Waals surface area contributed by atoms with Gasteiger partial charge < -0.3 is 9.84 Å². The average Bonchev–Trinajstić information content (AvgIpc) is 2.78. The molecule has 0 unspecified atom stereocenters. The van der Waals surface area contributed by atoms with Crippen LogP contribution in [0, 0.1) is 0 Å². The maximum absolute atomic E-state index is 12.9. The molecule has 0 atom stereocenters. The molecule has 116 valence electrons. The molecule has 1 aliphatic heterocycles. The monoisotopic (exact) mass is 313 g/mol. The highest BCUT2D eigenvalue weighted by molar-refractivity contribution is 7.89. The summed E-state index contributed by atoms with van der Waals surface area (Å²) in [6, 6.07) is 3.86. The predicted molar refractivity (Wildman–Crippen MR) is 77.2 cm³/mol. The van der Waals surface area contributed by atoms with E-state index >= 15 is 0 Å². The summed E-state index contributed by atoms with van der Waals surface area (Å²) in [6.45, 7) is 4.16. The molecule has 0 aliphatic carbocycles. The molecule has 0 aromatic heterocycles. The minimum absolute atomic E-state index is 0.0774. The number of ether oxygens (including phenoxy) is 1. The Kier molecular flexibility index (Phi) is 3.99. The summed E-state index contributed by atoms with van der Waals surface area (Å²) >= 11 is 0. The van der Waals surface area contributed by atoms with E-state index in [-0.39, 0.29) is 16.2 Å². The van der Waals surface area contributed by atoms with Gasteiger partial charge in [0.15, 0.2) is 0 Å². The molecule has 0 radical (unpaired) electrons. The van der Waals surface area contributed by atoms with E-state index in [4.69, 9.17) is 9.84 Å². The highest BCUT2D eigenvalue weighted by Crippen LogP contribution is 2.37. The van der Waals surface area contributed by atoms with Crippen LogP contribution in [0.5, 0.6) is 5.75 Å². The van der Waals surface area contributed by atoms with Crippen molar-refractivity contribution < 1.29 is 23.1 Å². The van der Waals surface area contributed by atoms with Crippen LogP contribution in [-0.2, 0) is 10.0 Å². The Morgan fingerprint density at radius 1 is 1.38 bits per heavy atom. The van der Waals surface area contributed by atoms with Gasteiger partial charge in [-0.05, 0) is 44.9 Å². The van der Waals surface area contributed by atoms with Crippen molar-refractivity contribution >= 4 is 16.0 Å². The minimum atomic E-state index is -3.80. The Labute approximate surface area is 124 Å². The third-order valence-corrected chi connectivity index (χ3v) is 5.94. The van der Waals surface area contributed by atoms with E-state index in [2.05, 4.69) is 0 Å². The summed E-state index contributed by atoms with van der Waals surface area (Å²) in [7, 11) is -2.44. The van der Waals surface area contributed by atoms with Crippen molar-refractivity contribution in [1.29, 1.82) is 0 Å². The van der Waals surface area contributed by atoms with Crippen molar-refractivity contribution in [1.82, 2.24) is 4.31 Å². The van der Waals surface area contributed by atoms with E-state index in [1.807, 2.05) is 13.8 Å². The summed E-state index contributed by atoms with van der Waals surface area (Å²) in [6.07, 6.45) is 1.56. The molecule has 1 saturated heterocycles. The van der Waals surface area contributed by atoms with Gasteiger partial charge in [-0.25, -0.2) is 13.2 Å². The quantitative estimate of drug-likeness (QED) is 0.918. The third kappa shape index (κ3) is 2.75. The molecule has 1 aliphatic rings. The van der Waals surface area contributed by atoms with Crippen molar-refractivity contribution in [3.63, 3.8) is 0 Å². The van der Waals surface area contributed by atoms with E-state index in [1.54, 1.807) is 0 Å². The average molecular weight is 313 g/mol. The number of sulfonamides is 1. The topological polar surface area (TPSA) is 83.9 Å². The molecule has 0 bridgehead atoms. The second-order valence-electron chi connectivity index (χ2n) is 5.66. The molecule has 1 aromatic rings.